The van der Waals surface area contributed by atoms with E-state index < -0.39 is 0 Å². The first-order chi connectivity index (χ1) is 21.1. The van der Waals surface area contributed by atoms with E-state index in [1.807, 2.05) is 39.0 Å². The lowest BCUT2D eigenvalue weighted by atomic mass is 10.0. The van der Waals surface area contributed by atoms with E-state index in [1.165, 1.54) is 16.0 Å². The SMILES string of the molecule is CCOc1cc(C(=O)Nc2sc3c(c2-c2nc4ccccc4s2)CCN(Cc2ccccc2)C3)cc(OCC)c1OCC. The second kappa shape index (κ2) is 13.2. The maximum absolute atomic E-state index is 13.9. The van der Waals surface area contributed by atoms with Crippen molar-refractivity contribution < 1.29 is 19.0 Å². The van der Waals surface area contributed by atoms with Crippen LogP contribution in [0.15, 0.2) is 66.7 Å². The first kappa shape index (κ1) is 29.2. The Morgan fingerprint density at radius 3 is 2.30 bits per heavy atom. The number of thiazole rings is 1. The van der Waals surface area contributed by atoms with Gasteiger partial charge >= 0.3 is 0 Å². The average molecular weight is 614 g/mol. The highest BCUT2D eigenvalue weighted by Crippen LogP contribution is 2.46. The third kappa shape index (κ3) is 6.25. The molecule has 0 fully saturated rings. The molecule has 3 aromatic carbocycles. The molecule has 1 aliphatic rings. The molecule has 0 bridgehead atoms. The quantitative estimate of drug-likeness (QED) is 0.163. The summed E-state index contributed by atoms with van der Waals surface area (Å²) in [6.45, 7) is 9.73. The van der Waals surface area contributed by atoms with Crippen molar-refractivity contribution in [2.45, 2.75) is 40.3 Å². The minimum Gasteiger partial charge on any atom is -0.490 e. The van der Waals surface area contributed by atoms with Gasteiger partial charge in [0, 0.05) is 35.6 Å². The number of ether oxygens (including phenoxy) is 3. The zero-order valence-corrected chi connectivity index (χ0v) is 26.3. The second-order valence-electron chi connectivity index (χ2n) is 10.2. The van der Waals surface area contributed by atoms with Crippen LogP contribution in [0.1, 0.15) is 47.1 Å². The van der Waals surface area contributed by atoms with Crippen molar-refractivity contribution in [2.24, 2.45) is 0 Å². The number of carbonyl (C=O) groups excluding carboxylic acids is 1. The number of nitrogens with one attached hydrogen (secondary N) is 1. The summed E-state index contributed by atoms with van der Waals surface area (Å²) in [6, 6.07) is 22.2. The molecule has 0 atom stereocenters. The van der Waals surface area contributed by atoms with E-state index in [-0.39, 0.29) is 5.91 Å². The molecule has 0 aliphatic carbocycles. The molecule has 9 heteroatoms. The lowest BCUT2D eigenvalue weighted by Crippen LogP contribution is -2.29. The summed E-state index contributed by atoms with van der Waals surface area (Å²) in [5.74, 6) is 1.28. The van der Waals surface area contributed by atoms with Crippen molar-refractivity contribution in [1.29, 1.82) is 0 Å². The normalized spacial score (nSPS) is 13.1. The van der Waals surface area contributed by atoms with E-state index in [4.69, 9.17) is 19.2 Å². The van der Waals surface area contributed by atoms with Crippen LogP contribution in [0.25, 0.3) is 20.8 Å². The monoisotopic (exact) mass is 613 g/mol. The Hall–Kier alpha value is -3.92. The van der Waals surface area contributed by atoms with E-state index in [9.17, 15) is 4.79 Å². The Morgan fingerprint density at radius 2 is 1.60 bits per heavy atom. The smallest absolute Gasteiger partial charge is 0.256 e. The molecule has 3 heterocycles. The summed E-state index contributed by atoms with van der Waals surface area (Å²) in [5.41, 5.74) is 5.03. The summed E-state index contributed by atoms with van der Waals surface area (Å²) in [7, 11) is 0. The lowest BCUT2D eigenvalue weighted by Gasteiger charge is -2.27. The molecule has 0 saturated carbocycles. The van der Waals surface area contributed by atoms with Crippen LogP contribution < -0.4 is 19.5 Å². The van der Waals surface area contributed by atoms with Gasteiger partial charge in [-0.15, -0.1) is 22.7 Å². The number of thiophene rings is 1. The van der Waals surface area contributed by atoms with E-state index in [0.29, 0.717) is 42.6 Å². The summed E-state index contributed by atoms with van der Waals surface area (Å²) >= 11 is 3.32. The molecule has 43 heavy (non-hydrogen) atoms. The number of hydrogen-bond acceptors (Lipinski definition) is 8. The number of rotatable bonds is 11. The molecule has 7 nitrogen and oxygen atoms in total. The number of carbonyl (C=O) groups is 1. The minimum atomic E-state index is -0.230. The first-order valence-electron chi connectivity index (χ1n) is 14.7. The van der Waals surface area contributed by atoms with Gasteiger partial charge < -0.3 is 19.5 Å². The van der Waals surface area contributed by atoms with E-state index in [0.717, 1.165) is 51.8 Å². The number of aromatic nitrogens is 1. The highest BCUT2D eigenvalue weighted by Gasteiger charge is 2.28. The Balaban J connectivity index is 1.37. The number of nitrogens with zero attached hydrogens (tertiary/aromatic N) is 2. The van der Waals surface area contributed by atoms with Crippen molar-refractivity contribution in [3.8, 4) is 27.8 Å². The predicted molar refractivity (Wildman–Crippen MR) is 175 cm³/mol. The number of benzene rings is 3. The standard InChI is InChI=1S/C34H35N3O4S2/c1-4-39-26-18-23(19-27(40-5-2)31(26)41-6-3)32(38)36-34-30(33-35-25-14-10-11-15-28(25)42-33)24-16-17-37(21-29(24)43-34)20-22-12-8-7-9-13-22/h7-15,18-19H,4-6,16-17,20-21H2,1-3H3,(H,36,38). The van der Waals surface area contributed by atoms with Crippen LogP contribution >= 0.6 is 22.7 Å². The Bertz CT molecular complexity index is 1670. The van der Waals surface area contributed by atoms with Crippen LogP contribution in [-0.2, 0) is 19.5 Å². The lowest BCUT2D eigenvalue weighted by molar-refractivity contribution is 0.102. The summed E-state index contributed by atoms with van der Waals surface area (Å²) in [4.78, 5) is 22.6. The van der Waals surface area contributed by atoms with Crippen LogP contribution in [0.2, 0.25) is 0 Å². The molecule has 5 aromatic rings. The van der Waals surface area contributed by atoms with Crippen LogP contribution in [0.3, 0.4) is 0 Å². The highest BCUT2D eigenvalue weighted by molar-refractivity contribution is 7.23. The van der Waals surface area contributed by atoms with Gasteiger partial charge in [-0.05, 0) is 62.6 Å². The van der Waals surface area contributed by atoms with Crippen LogP contribution in [0, 0.1) is 0 Å². The predicted octanol–water partition coefficient (Wildman–Crippen LogP) is 8.03. The molecule has 0 unspecified atom stereocenters. The van der Waals surface area contributed by atoms with Crippen molar-refractivity contribution in [3.63, 3.8) is 0 Å². The Morgan fingerprint density at radius 1 is 0.907 bits per heavy atom. The first-order valence-corrected chi connectivity index (χ1v) is 16.4. The number of para-hydroxylation sites is 1. The summed E-state index contributed by atoms with van der Waals surface area (Å²) in [5, 5.41) is 5.01. The molecule has 0 radical (unpaired) electrons. The fourth-order valence-corrected chi connectivity index (χ4v) is 7.82. The number of anilines is 1. The molecule has 1 amide bonds. The maximum atomic E-state index is 13.9. The van der Waals surface area contributed by atoms with Gasteiger partial charge in [0.1, 0.15) is 10.0 Å². The van der Waals surface area contributed by atoms with Gasteiger partial charge in [0.15, 0.2) is 11.5 Å². The molecule has 1 N–H and O–H groups in total. The molecule has 6 rings (SSSR count). The minimum absolute atomic E-state index is 0.230. The van der Waals surface area contributed by atoms with Gasteiger partial charge in [-0.25, -0.2) is 4.98 Å². The second-order valence-corrected chi connectivity index (χ2v) is 12.3. The topological polar surface area (TPSA) is 72.9 Å². The van der Waals surface area contributed by atoms with Gasteiger partial charge in [0.2, 0.25) is 5.75 Å². The highest BCUT2D eigenvalue weighted by atomic mass is 32.1. The van der Waals surface area contributed by atoms with Crippen LogP contribution in [-0.4, -0.2) is 42.2 Å². The molecular formula is C34H35N3O4S2. The molecule has 1 aliphatic heterocycles. The fraction of sp³-hybridized carbons (Fsp3) is 0.294. The van der Waals surface area contributed by atoms with Gasteiger partial charge in [-0.3, -0.25) is 9.69 Å². The van der Waals surface area contributed by atoms with Crippen molar-refractivity contribution in [1.82, 2.24) is 9.88 Å². The molecule has 0 spiro atoms. The Labute approximate surface area is 260 Å². The zero-order chi connectivity index (χ0) is 29.8. The average Bonchev–Trinajstić information content (AvgIpc) is 3.59. The van der Waals surface area contributed by atoms with Crippen molar-refractivity contribution in [3.05, 3.63) is 88.3 Å². The third-order valence-electron chi connectivity index (χ3n) is 7.29. The number of hydrogen-bond donors (Lipinski definition) is 1. The third-order valence-corrected chi connectivity index (χ3v) is 9.48. The largest absolute Gasteiger partial charge is 0.490 e. The van der Waals surface area contributed by atoms with Crippen molar-refractivity contribution in [2.75, 3.05) is 31.7 Å². The molecular weight excluding hydrogens is 579 g/mol. The molecule has 0 saturated heterocycles. The number of fused-ring (bicyclic) bond motifs is 2. The molecule has 222 valence electrons. The number of amides is 1. The van der Waals surface area contributed by atoms with E-state index >= 15 is 0 Å². The summed E-state index contributed by atoms with van der Waals surface area (Å²) < 4.78 is 18.7. The zero-order valence-electron chi connectivity index (χ0n) is 24.6. The summed E-state index contributed by atoms with van der Waals surface area (Å²) in [6.07, 6.45) is 0.895. The van der Waals surface area contributed by atoms with E-state index in [2.05, 4.69) is 46.6 Å². The van der Waals surface area contributed by atoms with Gasteiger partial charge in [0.25, 0.3) is 5.91 Å². The van der Waals surface area contributed by atoms with E-state index in [1.54, 1.807) is 34.8 Å². The Kier molecular flexibility index (Phi) is 8.92. The van der Waals surface area contributed by atoms with Crippen LogP contribution in [0.5, 0.6) is 17.2 Å². The molecule has 2 aromatic heterocycles. The fourth-order valence-electron chi connectivity index (χ4n) is 5.42. The van der Waals surface area contributed by atoms with Crippen molar-refractivity contribution >= 4 is 43.8 Å². The van der Waals surface area contributed by atoms with Crippen LogP contribution in [0.4, 0.5) is 5.00 Å². The maximum Gasteiger partial charge on any atom is 0.256 e. The van der Waals surface area contributed by atoms with Gasteiger partial charge in [-0.2, -0.15) is 0 Å². The van der Waals surface area contributed by atoms with Gasteiger partial charge in [0.05, 0.1) is 30.0 Å². The van der Waals surface area contributed by atoms with Gasteiger partial charge in [-0.1, -0.05) is 42.5 Å².